The van der Waals surface area contributed by atoms with Gasteiger partial charge in [-0.25, -0.2) is 10.2 Å². The molecule has 34 heavy (non-hydrogen) atoms. The number of halogens is 1. The molecule has 0 saturated carbocycles. The molecule has 0 aliphatic carbocycles. The van der Waals surface area contributed by atoms with E-state index >= 15 is 0 Å². The number of esters is 1. The van der Waals surface area contributed by atoms with Gasteiger partial charge in [-0.1, -0.05) is 35.9 Å². The molecule has 2 N–H and O–H groups in total. The summed E-state index contributed by atoms with van der Waals surface area (Å²) in [5.41, 5.74) is 4.35. The number of ether oxygens (including phenoxy) is 2. The second-order valence-corrected chi connectivity index (χ2v) is 7.42. The molecule has 8 nitrogen and oxygen atoms in total. The first-order chi connectivity index (χ1) is 16.4. The van der Waals surface area contributed by atoms with Crippen LogP contribution in [0.2, 0.25) is 5.02 Å². The highest BCUT2D eigenvalue weighted by atomic mass is 35.5. The lowest BCUT2D eigenvalue weighted by Crippen LogP contribution is -2.32. The van der Waals surface area contributed by atoms with E-state index in [1.54, 1.807) is 73.7 Å². The monoisotopic (exact) mass is 479 g/mol. The molecule has 0 bridgehead atoms. The number of carbonyl (C=O) groups excluding carboxylic acids is 3. The van der Waals surface area contributed by atoms with Crippen molar-refractivity contribution in [2.45, 2.75) is 13.8 Å². The summed E-state index contributed by atoms with van der Waals surface area (Å²) in [6.07, 6.45) is 1.33. The third-order valence-electron chi connectivity index (χ3n) is 4.50. The first-order valence-corrected chi connectivity index (χ1v) is 10.7. The van der Waals surface area contributed by atoms with Crippen molar-refractivity contribution < 1.29 is 23.9 Å². The van der Waals surface area contributed by atoms with Crippen molar-refractivity contribution in [2.75, 3.05) is 11.9 Å². The van der Waals surface area contributed by atoms with Gasteiger partial charge in [-0.15, -0.1) is 0 Å². The summed E-state index contributed by atoms with van der Waals surface area (Å²) in [6.45, 7) is 3.96. The average molecular weight is 480 g/mol. The lowest BCUT2D eigenvalue weighted by Gasteiger charge is -2.11. The topological polar surface area (TPSA) is 106 Å². The van der Waals surface area contributed by atoms with Crippen molar-refractivity contribution >= 4 is 41.3 Å². The lowest BCUT2D eigenvalue weighted by molar-refractivity contribution is -0.136. The number of rotatable bonds is 7. The Bertz CT molecular complexity index is 1230. The number of benzene rings is 3. The van der Waals surface area contributed by atoms with Crippen molar-refractivity contribution in [3.8, 4) is 11.5 Å². The molecule has 3 aromatic rings. The van der Waals surface area contributed by atoms with E-state index < -0.39 is 17.8 Å². The molecular formula is C25H22ClN3O5. The highest BCUT2D eigenvalue weighted by Crippen LogP contribution is 2.29. The molecule has 0 saturated heterocycles. The van der Waals surface area contributed by atoms with Gasteiger partial charge < -0.3 is 14.8 Å². The highest BCUT2D eigenvalue weighted by Gasteiger charge is 2.14. The summed E-state index contributed by atoms with van der Waals surface area (Å²) in [5, 5.41) is 6.72. The predicted octanol–water partition coefficient (Wildman–Crippen LogP) is 4.36. The lowest BCUT2D eigenvalue weighted by atomic mass is 10.2. The summed E-state index contributed by atoms with van der Waals surface area (Å²) in [6, 6.07) is 18.3. The minimum absolute atomic E-state index is 0.244. The van der Waals surface area contributed by atoms with E-state index in [1.807, 2.05) is 6.92 Å². The van der Waals surface area contributed by atoms with Crippen molar-refractivity contribution in [1.82, 2.24) is 5.43 Å². The third-order valence-corrected chi connectivity index (χ3v) is 4.90. The van der Waals surface area contributed by atoms with E-state index in [2.05, 4.69) is 15.8 Å². The van der Waals surface area contributed by atoms with Crippen LogP contribution in [0.1, 0.15) is 28.4 Å². The van der Waals surface area contributed by atoms with Crippen LogP contribution in [-0.2, 0) is 9.59 Å². The molecule has 0 spiro atoms. The Morgan fingerprint density at radius 1 is 0.971 bits per heavy atom. The molecule has 0 aliphatic rings. The fourth-order valence-electron chi connectivity index (χ4n) is 2.77. The van der Waals surface area contributed by atoms with Crippen LogP contribution >= 0.6 is 11.6 Å². The molecule has 0 aliphatic heterocycles. The normalized spacial score (nSPS) is 10.6. The molecule has 0 aromatic heterocycles. The zero-order valence-electron chi connectivity index (χ0n) is 18.5. The highest BCUT2D eigenvalue weighted by molar-refractivity contribution is 6.39. The van der Waals surface area contributed by atoms with Gasteiger partial charge in [0.15, 0.2) is 11.5 Å². The number of nitrogens with zero attached hydrogens (tertiary/aromatic N) is 1. The Kier molecular flexibility index (Phi) is 8.37. The smallest absolute Gasteiger partial charge is 0.343 e. The number of amides is 2. The summed E-state index contributed by atoms with van der Waals surface area (Å²) >= 11 is 6.02. The number of nitrogens with one attached hydrogen (secondary N) is 2. The van der Waals surface area contributed by atoms with Gasteiger partial charge in [0, 0.05) is 10.7 Å². The number of anilines is 1. The number of carbonyl (C=O) groups is 3. The molecule has 0 unspecified atom stereocenters. The van der Waals surface area contributed by atoms with Crippen molar-refractivity contribution in [3.05, 3.63) is 88.4 Å². The molecule has 3 aromatic carbocycles. The zero-order chi connectivity index (χ0) is 24.5. The molecule has 0 atom stereocenters. The van der Waals surface area contributed by atoms with Gasteiger partial charge in [0.05, 0.1) is 18.4 Å². The van der Waals surface area contributed by atoms with Crippen molar-refractivity contribution in [2.24, 2.45) is 5.10 Å². The van der Waals surface area contributed by atoms with Gasteiger partial charge in [0.25, 0.3) is 0 Å². The molecule has 3 rings (SSSR count). The van der Waals surface area contributed by atoms with Crippen molar-refractivity contribution in [3.63, 3.8) is 0 Å². The second kappa shape index (κ2) is 11.6. The maximum absolute atomic E-state index is 12.3. The Balaban J connectivity index is 1.62. The van der Waals surface area contributed by atoms with E-state index in [-0.39, 0.29) is 5.75 Å². The van der Waals surface area contributed by atoms with E-state index in [0.29, 0.717) is 34.2 Å². The van der Waals surface area contributed by atoms with Crippen LogP contribution < -0.4 is 20.2 Å². The van der Waals surface area contributed by atoms with Crippen LogP contribution in [0.25, 0.3) is 0 Å². The van der Waals surface area contributed by atoms with Crippen LogP contribution in [0.4, 0.5) is 5.69 Å². The standard InChI is InChI=1S/C25H22ClN3O5/c1-3-33-22-13-17(10-12-21(22)34-25(32)18-7-5-4-6-8-18)15-27-29-24(31)23(30)28-19-11-9-16(2)20(26)14-19/h4-15H,3H2,1-2H3,(H,28,30)(H,29,31)/b27-15-. The molecule has 9 heteroatoms. The largest absolute Gasteiger partial charge is 0.490 e. The summed E-state index contributed by atoms with van der Waals surface area (Å²) in [7, 11) is 0. The number of aryl methyl sites for hydroxylation is 1. The summed E-state index contributed by atoms with van der Waals surface area (Å²) in [4.78, 5) is 36.4. The molecule has 0 radical (unpaired) electrons. The predicted molar refractivity (Wildman–Crippen MR) is 130 cm³/mol. The minimum Gasteiger partial charge on any atom is -0.490 e. The third kappa shape index (κ3) is 6.66. The van der Waals surface area contributed by atoms with E-state index in [1.165, 1.54) is 6.21 Å². The fraction of sp³-hybridized carbons (Fsp3) is 0.120. The minimum atomic E-state index is -0.952. The maximum Gasteiger partial charge on any atom is 0.343 e. The van der Waals surface area contributed by atoms with Crippen LogP contribution in [0.5, 0.6) is 11.5 Å². The molecule has 2 amide bonds. The summed E-state index contributed by atoms with van der Waals surface area (Å²) < 4.78 is 11.0. The summed E-state index contributed by atoms with van der Waals surface area (Å²) in [5.74, 6) is -1.79. The van der Waals surface area contributed by atoms with Gasteiger partial charge >= 0.3 is 17.8 Å². The average Bonchev–Trinajstić information content (AvgIpc) is 2.83. The SMILES string of the molecule is CCOc1cc(/C=N\NC(=O)C(=O)Nc2ccc(C)c(Cl)c2)ccc1OC(=O)c1ccccc1. The quantitative estimate of drug-likeness (QED) is 0.172. The molecule has 174 valence electrons. The number of hydrazone groups is 1. The fourth-order valence-corrected chi connectivity index (χ4v) is 2.95. The van der Waals surface area contributed by atoms with E-state index in [0.717, 1.165) is 5.56 Å². The van der Waals surface area contributed by atoms with Crippen LogP contribution in [-0.4, -0.2) is 30.6 Å². The molecular weight excluding hydrogens is 458 g/mol. The van der Waals surface area contributed by atoms with Gasteiger partial charge in [-0.2, -0.15) is 5.10 Å². The zero-order valence-corrected chi connectivity index (χ0v) is 19.3. The Labute approximate surface area is 201 Å². The van der Waals surface area contributed by atoms with Crippen LogP contribution in [0, 0.1) is 6.92 Å². The number of hydrogen-bond acceptors (Lipinski definition) is 6. The van der Waals surface area contributed by atoms with Gasteiger partial charge in [-0.3, -0.25) is 9.59 Å². The first kappa shape index (κ1) is 24.5. The second-order valence-electron chi connectivity index (χ2n) is 7.01. The Morgan fingerprint density at radius 3 is 2.44 bits per heavy atom. The van der Waals surface area contributed by atoms with Gasteiger partial charge in [0.1, 0.15) is 0 Å². The first-order valence-electron chi connectivity index (χ1n) is 10.3. The Morgan fingerprint density at radius 2 is 1.74 bits per heavy atom. The van der Waals surface area contributed by atoms with Gasteiger partial charge in [0.2, 0.25) is 0 Å². The molecule has 0 heterocycles. The van der Waals surface area contributed by atoms with Crippen LogP contribution in [0.3, 0.4) is 0 Å². The number of hydrogen-bond donors (Lipinski definition) is 2. The molecule has 0 fully saturated rings. The van der Waals surface area contributed by atoms with Crippen LogP contribution in [0.15, 0.2) is 71.8 Å². The van der Waals surface area contributed by atoms with Gasteiger partial charge in [-0.05, 0) is 67.4 Å². The Hall–Kier alpha value is -4.17. The maximum atomic E-state index is 12.3. The van der Waals surface area contributed by atoms with E-state index in [4.69, 9.17) is 21.1 Å². The van der Waals surface area contributed by atoms with Crippen molar-refractivity contribution in [1.29, 1.82) is 0 Å². The van der Waals surface area contributed by atoms with E-state index in [9.17, 15) is 14.4 Å².